The summed E-state index contributed by atoms with van der Waals surface area (Å²) in [4.78, 5) is 24.7. The van der Waals surface area contributed by atoms with Gasteiger partial charge in [-0.15, -0.1) is 0 Å². The summed E-state index contributed by atoms with van der Waals surface area (Å²) in [6.45, 7) is 1.89. The zero-order valence-corrected chi connectivity index (χ0v) is 7.19. The van der Waals surface area contributed by atoms with E-state index in [9.17, 15) is 9.59 Å². The first-order valence-electron chi connectivity index (χ1n) is 3.94. The summed E-state index contributed by atoms with van der Waals surface area (Å²) >= 11 is 0. The highest BCUT2D eigenvalue weighted by Crippen LogP contribution is 2.47. The van der Waals surface area contributed by atoms with E-state index in [1.165, 1.54) is 0 Å². The van der Waals surface area contributed by atoms with E-state index in [0.29, 0.717) is 12.8 Å². The third kappa shape index (κ3) is 1.62. The van der Waals surface area contributed by atoms with Crippen LogP contribution < -0.4 is 0 Å². The molecule has 0 aromatic rings. The molecular formula is C7H9N3O3. The van der Waals surface area contributed by atoms with E-state index in [2.05, 4.69) is 10.0 Å². The third-order valence-corrected chi connectivity index (χ3v) is 1.96. The zero-order valence-electron chi connectivity index (χ0n) is 7.19. The van der Waals surface area contributed by atoms with Gasteiger partial charge in [0.25, 0.3) is 0 Å². The van der Waals surface area contributed by atoms with Crippen molar-refractivity contribution in [3.63, 3.8) is 0 Å². The highest BCUT2D eigenvalue weighted by molar-refractivity contribution is 6.05. The SMILES string of the molecule is CCOC(=O)C1(C(=O)N=[N+]=[N-])CC1. The molecule has 1 fully saturated rings. The Morgan fingerprint density at radius 2 is 2.23 bits per heavy atom. The van der Waals surface area contributed by atoms with Crippen LogP contribution in [0.1, 0.15) is 19.8 Å². The Labute approximate surface area is 74.5 Å². The van der Waals surface area contributed by atoms with Gasteiger partial charge < -0.3 is 4.74 Å². The lowest BCUT2D eigenvalue weighted by atomic mass is 10.1. The van der Waals surface area contributed by atoms with Crippen LogP contribution in [0.25, 0.3) is 10.4 Å². The molecule has 0 radical (unpaired) electrons. The molecule has 0 saturated heterocycles. The Hall–Kier alpha value is -1.55. The molecule has 1 aliphatic rings. The number of ether oxygens (including phenoxy) is 1. The number of hydrogen-bond donors (Lipinski definition) is 0. The first kappa shape index (κ1) is 9.54. The molecule has 0 aromatic heterocycles. The summed E-state index contributed by atoms with van der Waals surface area (Å²) in [5.74, 6) is -1.30. The van der Waals surface area contributed by atoms with Crippen LogP contribution in [-0.2, 0) is 14.3 Å². The second-order valence-corrected chi connectivity index (χ2v) is 2.80. The molecule has 0 N–H and O–H groups in total. The number of esters is 1. The monoisotopic (exact) mass is 183 g/mol. The van der Waals surface area contributed by atoms with E-state index in [-0.39, 0.29) is 6.61 Å². The van der Waals surface area contributed by atoms with Gasteiger partial charge in [0.15, 0.2) is 0 Å². The Balaban J connectivity index is 2.71. The van der Waals surface area contributed by atoms with Crippen molar-refractivity contribution in [3.8, 4) is 0 Å². The van der Waals surface area contributed by atoms with Gasteiger partial charge in [0.05, 0.1) is 6.61 Å². The molecule has 0 spiro atoms. The molecule has 6 heteroatoms. The lowest BCUT2D eigenvalue weighted by Crippen LogP contribution is -2.26. The smallest absolute Gasteiger partial charge is 0.319 e. The summed E-state index contributed by atoms with van der Waals surface area (Å²) in [7, 11) is 0. The average molecular weight is 183 g/mol. The average Bonchev–Trinajstić information content (AvgIpc) is 2.85. The Morgan fingerprint density at radius 3 is 2.62 bits per heavy atom. The van der Waals surface area contributed by atoms with Crippen molar-refractivity contribution in [1.29, 1.82) is 0 Å². The van der Waals surface area contributed by atoms with Crippen molar-refractivity contribution >= 4 is 11.9 Å². The lowest BCUT2D eigenvalue weighted by molar-refractivity contribution is -0.153. The van der Waals surface area contributed by atoms with Crippen molar-refractivity contribution in [2.45, 2.75) is 19.8 Å². The molecule has 1 amide bonds. The molecule has 13 heavy (non-hydrogen) atoms. The van der Waals surface area contributed by atoms with Gasteiger partial charge >= 0.3 is 5.97 Å². The highest BCUT2D eigenvalue weighted by Gasteiger charge is 2.57. The van der Waals surface area contributed by atoms with Crippen LogP contribution in [0.15, 0.2) is 5.11 Å². The summed E-state index contributed by atoms with van der Waals surface area (Å²) < 4.78 is 4.69. The van der Waals surface area contributed by atoms with Crippen molar-refractivity contribution in [3.05, 3.63) is 10.4 Å². The molecule has 0 aliphatic heterocycles. The zero-order chi connectivity index (χ0) is 9.90. The fourth-order valence-corrected chi connectivity index (χ4v) is 1.04. The highest BCUT2D eigenvalue weighted by atomic mass is 16.5. The molecular weight excluding hydrogens is 174 g/mol. The largest absolute Gasteiger partial charge is 0.465 e. The maximum absolute atomic E-state index is 11.2. The lowest BCUT2D eigenvalue weighted by Gasteiger charge is -2.08. The van der Waals surface area contributed by atoms with Gasteiger partial charge in [-0.25, -0.2) is 0 Å². The minimum Gasteiger partial charge on any atom is -0.465 e. The number of nitrogens with zero attached hydrogens (tertiary/aromatic N) is 3. The maximum atomic E-state index is 11.2. The topological polar surface area (TPSA) is 92.1 Å². The second kappa shape index (κ2) is 3.45. The van der Waals surface area contributed by atoms with Crippen molar-refractivity contribution < 1.29 is 14.3 Å². The second-order valence-electron chi connectivity index (χ2n) is 2.80. The molecule has 1 saturated carbocycles. The van der Waals surface area contributed by atoms with Crippen LogP contribution >= 0.6 is 0 Å². The van der Waals surface area contributed by atoms with E-state index in [0.717, 1.165) is 0 Å². The van der Waals surface area contributed by atoms with Crippen molar-refractivity contribution in [1.82, 2.24) is 0 Å². The fourth-order valence-electron chi connectivity index (χ4n) is 1.04. The van der Waals surface area contributed by atoms with Gasteiger partial charge in [0.1, 0.15) is 5.41 Å². The van der Waals surface area contributed by atoms with Crippen LogP contribution in [-0.4, -0.2) is 18.5 Å². The van der Waals surface area contributed by atoms with Crippen LogP contribution in [0, 0.1) is 5.41 Å². The number of azide groups is 1. The minimum absolute atomic E-state index is 0.226. The van der Waals surface area contributed by atoms with Gasteiger partial charge in [-0.3, -0.25) is 9.59 Å². The maximum Gasteiger partial charge on any atom is 0.319 e. The van der Waals surface area contributed by atoms with Crippen molar-refractivity contribution in [2.24, 2.45) is 10.5 Å². The normalized spacial score (nSPS) is 17.0. The summed E-state index contributed by atoms with van der Waals surface area (Å²) in [6, 6.07) is 0. The van der Waals surface area contributed by atoms with E-state index in [4.69, 9.17) is 10.3 Å². The number of amides is 1. The fraction of sp³-hybridized carbons (Fsp3) is 0.714. The van der Waals surface area contributed by atoms with Crippen LogP contribution in [0.5, 0.6) is 0 Å². The molecule has 0 atom stereocenters. The Kier molecular flexibility index (Phi) is 2.53. The summed E-state index contributed by atoms with van der Waals surface area (Å²) in [5, 5.41) is 2.90. The predicted octanol–water partition coefficient (Wildman–Crippen LogP) is 1.17. The molecule has 1 aliphatic carbocycles. The van der Waals surface area contributed by atoms with Crippen LogP contribution in [0.4, 0.5) is 0 Å². The van der Waals surface area contributed by atoms with Gasteiger partial charge in [-0.2, -0.15) is 0 Å². The van der Waals surface area contributed by atoms with Crippen LogP contribution in [0.2, 0.25) is 0 Å². The quantitative estimate of drug-likeness (QED) is 0.216. The number of hydrogen-bond acceptors (Lipinski definition) is 3. The van der Waals surface area contributed by atoms with Gasteiger partial charge in [-0.1, -0.05) is 0 Å². The number of carbonyl (C=O) groups is 2. The molecule has 1 rings (SSSR count). The molecule has 6 nitrogen and oxygen atoms in total. The first-order valence-corrected chi connectivity index (χ1v) is 3.94. The van der Waals surface area contributed by atoms with Gasteiger partial charge in [0, 0.05) is 4.91 Å². The predicted molar refractivity (Wildman–Crippen MR) is 42.5 cm³/mol. The Bertz CT molecular complexity index is 289. The van der Waals surface area contributed by atoms with E-state index >= 15 is 0 Å². The molecule has 0 bridgehead atoms. The minimum atomic E-state index is -1.15. The number of rotatable bonds is 3. The molecule has 70 valence electrons. The van der Waals surface area contributed by atoms with Gasteiger partial charge in [0.2, 0.25) is 5.91 Å². The standard InChI is InChI=1S/C7H9N3O3/c1-2-13-6(12)7(3-4-7)5(11)9-10-8/h2-4H2,1H3. The van der Waals surface area contributed by atoms with Crippen LogP contribution in [0.3, 0.4) is 0 Å². The van der Waals surface area contributed by atoms with E-state index in [1.807, 2.05) is 0 Å². The van der Waals surface area contributed by atoms with E-state index in [1.54, 1.807) is 6.92 Å². The van der Waals surface area contributed by atoms with E-state index < -0.39 is 17.3 Å². The van der Waals surface area contributed by atoms with Crippen molar-refractivity contribution in [2.75, 3.05) is 6.61 Å². The first-order chi connectivity index (χ1) is 6.17. The summed E-state index contributed by atoms with van der Waals surface area (Å²) in [5.41, 5.74) is 6.87. The Morgan fingerprint density at radius 1 is 1.62 bits per heavy atom. The summed E-state index contributed by atoms with van der Waals surface area (Å²) in [6.07, 6.45) is 0.841. The van der Waals surface area contributed by atoms with Gasteiger partial charge in [-0.05, 0) is 30.4 Å². The molecule has 0 aromatic carbocycles. The molecule has 0 unspecified atom stereocenters. The third-order valence-electron chi connectivity index (χ3n) is 1.96. The molecule has 0 heterocycles. The number of carbonyl (C=O) groups excluding carboxylic acids is 2.